The van der Waals surface area contributed by atoms with Crippen molar-refractivity contribution in [3.8, 4) is 0 Å². The van der Waals surface area contributed by atoms with Crippen molar-refractivity contribution < 1.29 is 0 Å². The molecule has 0 aliphatic rings. The summed E-state index contributed by atoms with van der Waals surface area (Å²) in [5, 5.41) is 0.415. The summed E-state index contributed by atoms with van der Waals surface area (Å²) >= 11 is 6.07. The third-order valence-corrected chi connectivity index (χ3v) is 2.46. The Hall–Kier alpha value is 0.0300. The van der Waals surface area contributed by atoms with Crippen molar-refractivity contribution in [2.75, 3.05) is 0 Å². The number of halogens is 1. The van der Waals surface area contributed by atoms with Crippen LogP contribution in [0.1, 0.15) is 51.9 Å². The van der Waals surface area contributed by atoms with Gasteiger partial charge in [0.25, 0.3) is 0 Å². The van der Waals surface area contributed by atoms with Crippen LogP contribution in [0.3, 0.4) is 0 Å². The van der Waals surface area contributed by atoms with Gasteiger partial charge in [0.15, 0.2) is 0 Å². The highest BCUT2D eigenvalue weighted by Gasteiger charge is 2.01. The Labute approximate surface area is 82.0 Å². The summed E-state index contributed by atoms with van der Waals surface area (Å²) in [4.78, 5) is 0. The average molecular weight is 189 g/mol. The van der Waals surface area contributed by atoms with Crippen LogP contribution < -0.4 is 0 Å². The molecule has 0 bridgehead atoms. The fraction of sp³-hybridized carbons (Fsp3) is 0.818. The van der Waals surface area contributed by atoms with Crippen LogP contribution in [-0.4, -0.2) is 5.38 Å². The fourth-order valence-electron chi connectivity index (χ4n) is 1.29. The topological polar surface area (TPSA) is 0 Å². The summed E-state index contributed by atoms with van der Waals surface area (Å²) in [6, 6.07) is 0. The van der Waals surface area contributed by atoms with Gasteiger partial charge in [-0.15, -0.1) is 18.2 Å². The van der Waals surface area contributed by atoms with E-state index >= 15 is 0 Å². The Bertz CT molecular complexity index is 99.2. The monoisotopic (exact) mass is 188 g/mol. The third-order valence-electron chi connectivity index (χ3n) is 2.03. The van der Waals surface area contributed by atoms with Crippen LogP contribution in [0, 0.1) is 0 Å². The van der Waals surface area contributed by atoms with Gasteiger partial charge >= 0.3 is 0 Å². The molecule has 0 rings (SSSR count). The molecule has 1 unspecified atom stereocenters. The zero-order valence-corrected chi connectivity index (χ0v) is 8.95. The molecule has 0 saturated carbocycles. The first-order valence-corrected chi connectivity index (χ1v) is 5.49. The molecule has 0 aromatic rings. The lowest BCUT2D eigenvalue weighted by Gasteiger charge is -2.06. The Balaban J connectivity index is 3.02. The second-order valence-corrected chi connectivity index (χ2v) is 3.93. The van der Waals surface area contributed by atoms with Gasteiger partial charge in [-0.2, -0.15) is 0 Å². The summed E-state index contributed by atoms with van der Waals surface area (Å²) in [7, 11) is 0. The van der Waals surface area contributed by atoms with Crippen molar-refractivity contribution in [3.63, 3.8) is 0 Å². The maximum absolute atomic E-state index is 6.07. The van der Waals surface area contributed by atoms with E-state index in [2.05, 4.69) is 13.5 Å². The molecular formula is C11H21Cl. The van der Waals surface area contributed by atoms with Gasteiger partial charge in [-0.3, -0.25) is 0 Å². The molecule has 0 amide bonds. The van der Waals surface area contributed by atoms with Gasteiger partial charge in [0, 0.05) is 5.38 Å². The van der Waals surface area contributed by atoms with Crippen LogP contribution in [0.25, 0.3) is 0 Å². The molecule has 0 spiro atoms. The van der Waals surface area contributed by atoms with Crippen molar-refractivity contribution in [1.29, 1.82) is 0 Å². The van der Waals surface area contributed by atoms with E-state index in [4.69, 9.17) is 11.6 Å². The zero-order valence-electron chi connectivity index (χ0n) is 8.19. The molecule has 0 aliphatic carbocycles. The van der Waals surface area contributed by atoms with Crippen LogP contribution in [0.15, 0.2) is 12.7 Å². The largest absolute Gasteiger partial charge is 0.123 e. The van der Waals surface area contributed by atoms with Crippen LogP contribution in [0.4, 0.5) is 0 Å². The predicted molar refractivity (Wildman–Crippen MR) is 57.8 cm³/mol. The van der Waals surface area contributed by atoms with E-state index in [1.165, 1.54) is 38.5 Å². The van der Waals surface area contributed by atoms with Crippen molar-refractivity contribution in [1.82, 2.24) is 0 Å². The Morgan fingerprint density at radius 1 is 1.25 bits per heavy atom. The van der Waals surface area contributed by atoms with Gasteiger partial charge in [0.1, 0.15) is 0 Å². The molecule has 0 aromatic carbocycles. The Morgan fingerprint density at radius 2 is 2.00 bits per heavy atom. The minimum atomic E-state index is 0.415. The van der Waals surface area contributed by atoms with E-state index < -0.39 is 0 Å². The quantitative estimate of drug-likeness (QED) is 0.298. The molecule has 0 aromatic heterocycles. The summed E-state index contributed by atoms with van der Waals surface area (Å²) in [5.41, 5.74) is 0. The van der Waals surface area contributed by atoms with Gasteiger partial charge in [-0.1, -0.05) is 32.3 Å². The number of allylic oxidation sites excluding steroid dienone is 1. The highest BCUT2D eigenvalue weighted by Crippen LogP contribution is 2.14. The molecule has 0 radical (unpaired) electrons. The van der Waals surface area contributed by atoms with E-state index in [9.17, 15) is 0 Å². The first kappa shape index (κ1) is 12.0. The summed E-state index contributed by atoms with van der Waals surface area (Å²) < 4.78 is 0. The molecule has 12 heavy (non-hydrogen) atoms. The normalized spacial score (nSPS) is 12.8. The lowest BCUT2D eigenvalue weighted by Crippen LogP contribution is -1.96. The lowest BCUT2D eigenvalue weighted by atomic mass is 10.1. The molecule has 0 nitrogen and oxygen atoms in total. The maximum atomic E-state index is 6.07. The third kappa shape index (κ3) is 8.13. The molecule has 1 atom stereocenters. The van der Waals surface area contributed by atoms with E-state index in [0.29, 0.717) is 5.38 Å². The molecule has 1 heteroatoms. The van der Waals surface area contributed by atoms with Crippen LogP contribution in [0.5, 0.6) is 0 Å². The summed E-state index contributed by atoms with van der Waals surface area (Å²) in [5.74, 6) is 0. The summed E-state index contributed by atoms with van der Waals surface area (Å²) in [6.07, 6.45) is 10.6. The number of hydrogen-bond acceptors (Lipinski definition) is 0. The van der Waals surface area contributed by atoms with E-state index in [0.717, 1.165) is 6.42 Å². The van der Waals surface area contributed by atoms with Crippen molar-refractivity contribution in [2.24, 2.45) is 0 Å². The molecule has 0 aliphatic heterocycles. The van der Waals surface area contributed by atoms with E-state index in [1.807, 2.05) is 6.08 Å². The van der Waals surface area contributed by atoms with Crippen molar-refractivity contribution in [3.05, 3.63) is 12.7 Å². The van der Waals surface area contributed by atoms with Gasteiger partial charge in [0.2, 0.25) is 0 Å². The van der Waals surface area contributed by atoms with Crippen molar-refractivity contribution >= 4 is 11.6 Å². The van der Waals surface area contributed by atoms with E-state index in [1.54, 1.807) is 0 Å². The van der Waals surface area contributed by atoms with Gasteiger partial charge in [-0.25, -0.2) is 0 Å². The minimum absolute atomic E-state index is 0.415. The second kappa shape index (κ2) is 9.12. The highest BCUT2D eigenvalue weighted by molar-refractivity contribution is 6.20. The molecule has 0 N–H and O–H groups in total. The average Bonchev–Trinajstić information content (AvgIpc) is 2.05. The van der Waals surface area contributed by atoms with Gasteiger partial charge < -0.3 is 0 Å². The first-order valence-electron chi connectivity index (χ1n) is 5.06. The number of rotatable bonds is 8. The molecule has 0 fully saturated rings. The molecule has 72 valence electrons. The lowest BCUT2D eigenvalue weighted by molar-refractivity contribution is 0.598. The van der Waals surface area contributed by atoms with Crippen LogP contribution in [0.2, 0.25) is 0 Å². The van der Waals surface area contributed by atoms with Crippen LogP contribution in [-0.2, 0) is 0 Å². The van der Waals surface area contributed by atoms with Crippen molar-refractivity contribution in [2.45, 2.75) is 57.2 Å². The molecular weight excluding hydrogens is 168 g/mol. The zero-order chi connectivity index (χ0) is 9.23. The predicted octanol–water partition coefficient (Wildman–Crippen LogP) is 4.53. The SMILES string of the molecule is C=CCCCCCC(Cl)CCC. The minimum Gasteiger partial charge on any atom is -0.123 e. The smallest absolute Gasteiger partial charge is 0.0336 e. The molecule has 0 saturated heterocycles. The first-order chi connectivity index (χ1) is 5.81. The van der Waals surface area contributed by atoms with Gasteiger partial charge in [0.05, 0.1) is 0 Å². The number of alkyl halides is 1. The van der Waals surface area contributed by atoms with Crippen LogP contribution >= 0.6 is 11.6 Å². The Kier molecular flexibility index (Phi) is 9.14. The van der Waals surface area contributed by atoms with E-state index in [-0.39, 0.29) is 0 Å². The second-order valence-electron chi connectivity index (χ2n) is 3.31. The fourth-order valence-corrected chi connectivity index (χ4v) is 1.66. The standard InChI is InChI=1S/C11H21Cl/c1-3-5-6-7-8-10-11(12)9-4-2/h3,11H,1,4-10H2,2H3. The van der Waals surface area contributed by atoms with Gasteiger partial charge in [-0.05, 0) is 25.7 Å². The maximum Gasteiger partial charge on any atom is 0.0336 e. The number of unbranched alkanes of at least 4 members (excludes halogenated alkanes) is 3. The number of hydrogen-bond donors (Lipinski definition) is 0. The summed E-state index contributed by atoms with van der Waals surface area (Å²) in [6.45, 7) is 5.88. The Morgan fingerprint density at radius 3 is 2.58 bits per heavy atom. The molecule has 0 heterocycles. The highest BCUT2D eigenvalue weighted by atomic mass is 35.5.